The van der Waals surface area contributed by atoms with E-state index in [0.717, 1.165) is 32.2 Å². The third kappa shape index (κ3) is 5.32. The molecule has 2 rings (SSSR count). The lowest BCUT2D eigenvalue weighted by atomic mass is 10.2. The summed E-state index contributed by atoms with van der Waals surface area (Å²) in [4.78, 5) is 27.0. The van der Waals surface area contributed by atoms with Gasteiger partial charge >= 0.3 is 6.09 Å². The van der Waals surface area contributed by atoms with Crippen molar-refractivity contribution in [2.24, 2.45) is 0 Å². The molecule has 2 aromatic rings. The largest absolute Gasteiger partial charge is 0.444 e. The quantitative estimate of drug-likeness (QED) is 0.742. The molecule has 0 atom stereocenters. The summed E-state index contributed by atoms with van der Waals surface area (Å²) in [5, 5.41) is 12.5. The van der Waals surface area contributed by atoms with Gasteiger partial charge < -0.3 is 14.6 Å². The van der Waals surface area contributed by atoms with Crippen LogP contribution in [0.15, 0.2) is 11.1 Å². The minimum Gasteiger partial charge on any atom is -0.444 e. The third-order valence-corrected chi connectivity index (χ3v) is 3.32. The molecule has 0 unspecified atom stereocenters. The molecule has 0 aromatic carbocycles. The Bertz CT molecular complexity index is 731. The molecule has 9 nitrogen and oxygen atoms in total. The molecule has 9 heteroatoms. The van der Waals surface area contributed by atoms with E-state index in [0.29, 0.717) is 17.7 Å². The van der Waals surface area contributed by atoms with Gasteiger partial charge in [0, 0.05) is 13.1 Å². The molecule has 0 radical (unpaired) electrons. The number of fused-ring (bicyclic) bond motifs is 1. The second-order valence-corrected chi connectivity index (χ2v) is 6.59. The molecule has 0 aliphatic rings. The van der Waals surface area contributed by atoms with Crippen molar-refractivity contribution >= 4 is 17.3 Å². The number of alkyl carbamates (subject to hydrolysis) is 1. The van der Waals surface area contributed by atoms with E-state index in [1.54, 1.807) is 6.33 Å². The van der Waals surface area contributed by atoms with E-state index in [4.69, 9.17) is 4.74 Å². The standard InChI is InChI=1S/C15H24N6O3/c1-15(2,3)24-14(23)16-8-6-4-5-7-9-21-10-17-11-12(21)18-20-19-13(11)22/h10H,4-9H2,1-3H3,(H,16,23)(H,18,19,22). The fourth-order valence-corrected chi connectivity index (χ4v) is 2.24. The predicted octanol–water partition coefficient (Wildman–Crippen LogP) is 1.60. The van der Waals surface area contributed by atoms with Crippen LogP contribution in [0.25, 0.3) is 11.2 Å². The molecular weight excluding hydrogens is 312 g/mol. The number of carbonyl (C=O) groups is 1. The zero-order chi connectivity index (χ0) is 17.6. The Hall–Kier alpha value is -2.45. The minimum atomic E-state index is -0.470. The van der Waals surface area contributed by atoms with Crippen molar-refractivity contribution in [1.29, 1.82) is 0 Å². The number of rotatable bonds is 7. The Morgan fingerprint density at radius 1 is 1.29 bits per heavy atom. The first-order valence-electron chi connectivity index (χ1n) is 8.10. The maximum Gasteiger partial charge on any atom is 0.407 e. The first kappa shape index (κ1) is 17.9. The number of aryl methyl sites for hydroxylation is 1. The molecule has 0 bridgehead atoms. The monoisotopic (exact) mass is 336 g/mol. The fraction of sp³-hybridized carbons (Fsp3) is 0.667. The number of amides is 1. The zero-order valence-electron chi connectivity index (χ0n) is 14.3. The molecule has 24 heavy (non-hydrogen) atoms. The van der Waals surface area contributed by atoms with E-state index >= 15 is 0 Å². The number of aromatic nitrogens is 5. The summed E-state index contributed by atoms with van der Waals surface area (Å²) in [7, 11) is 0. The van der Waals surface area contributed by atoms with Crippen LogP contribution >= 0.6 is 0 Å². The molecule has 2 N–H and O–H groups in total. The second kappa shape index (κ2) is 7.89. The number of carbonyl (C=O) groups excluding carboxylic acids is 1. The van der Waals surface area contributed by atoms with Gasteiger partial charge in [-0.15, -0.1) is 5.10 Å². The summed E-state index contributed by atoms with van der Waals surface area (Å²) in [6.07, 6.45) is 5.06. The van der Waals surface area contributed by atoms with Crippen LogP contribution in [0.4, 0.5) is 4.79 Å². The summed E-state index contributed by atoms with van der Waals surface area (Å²) in [6.45, 7) is 6.84. The molecule has 0 spiro atoms. The number of hydrogen-bond donors (Lipinski definition) is 2. The molecular formula is C15H24N6O3. The van der Waals surface area contributed by atoms with Gasteiger partial charge in [0.05, 0.1) is 6.33 Å². The average molecular weight is 336 g/mol. The second-order valence-electron chi connectivity index (χ2n) is 6.59. The Morgan fingerprint density at radius 2 is 2.04 bits per heavy atom. The maximum absolute atomic E-state index is 11.5. The van der Waals surface area contributed by atoms with Crippen LogP contribution in [0.5, 0.6) is 0 Å². The van der Waals surface area contributed by atoms with E-state index in [1.807, 2.05) is 25.3 Å². The first-order valence-corrected chi connectivity index (χ1v) is 8.10. The van der Waals surface area contributed by atoms with Gasteiger partial charge in [-0.05, 0) is 33.6 Å². The summed E-state index contributed by atoms with van der Waals surface area (Å²) in [5.74, 6) is 0. The van der Waals surface area contributed by atoms with Crippen LogP contribution in [0, 0.1) is 0 Å². The number of nitrogens with one attached hydrogen (secondary N) is 2. The molecule has 1 amide bonds. The van der Waals surface area contributed by atoms with Crippen molar-refractivity contribution in [2.45, 2.75) is 58.6 Å². The van der Waals surface area contributed by atoms with Gasteiger partial charge in [-0.2, -0.15) is 0 Å². The SMILES string of the molecule is CC(C)(C)OC(=O)NCCCCCCn1cnc2c(=O)[nH]nnc21. The van der Waals surface area contributed by atoms with Crippen molar-refractivity contribution in [3.63, 3.8) is 0 Å². The summed E-state index contributed by atoms with van der Waals surface area (Å²) >= 11 is 0. The number of hydrogen-bond acceptors (Lipinski definition) is 6. The van der Waals surface area contributed by atoms with Crippen molar-refractivity contribution in [2.75, 3.05) is 6.54 Å². The van der Waals surface area contributed by atoms with E-state index in [9.17, 15) is 9.59 Å². The van der Waals surface area contributed by atoms with Crippen LogP contribution in [0.2, 0.25) is 0 Å². The summed E-state index contributed by atoms with van der Waals surface area (Å²) in [5.41, 5.74) is 0.0197. The Labute approximate surface area is 139 Å². The molecule has 0 saturated carbocycles. The zero-order valence-corrected chi connectivity index (χ0v) is 14.3. The van der Waals surface area contributed by atoms with Crippen LogP contribution in [-0.4, -0.2) is 43.2 Å². The number of nitrogens with zero attached hydrogens (tertiary/aromatic N) is 4. The van der Waals surface area contributed by atoms with E-state index in [1.165, 1.54) is 0 Å². The first-order chi connectivity index (χ1) is 11.4. The van der Waals surface area contributed by atoms with E-state index in [2.05, 4.69) is 25.7 Å². The van der Waals surface area contributed by atoms with Gasteiger partial charge in [-0.3, -0.25) is 4.79 Å². The number of aromatic amines is 1. The lowest BCUT2D eigenvalue weighted by Gasteiger charge is -2.19. The van der Waals surface area contributed by atoms with Crippen LogP contribution < -0.4 is 10.9 Å². The number of unbranched alkanes of at least 4 members (excludes halogenated alkanes) is 3. The highest BCUT2D eigenvalue weighted by molar-refractivity contribution is 5.68. The van der Waals surface area contributed by atoms with Gasteiger partial charge in [0.1, 0.15) is 5.60 Å². The van der Waals surface area contributed by atoms with Gasteiger partial charge in [0.2, 0.25) is 0 Å². The molecule has 0 fully saturated rings. The number of imidazole rings is 1. The maximum atomic E-state index is 11.5. The van der Waals surface area contributed by atoms with Gasteiger partial charge in [0.25, 0.3) is 5.56 Å². The molecule has 132 valence electrons. The lowest BCUT2D eigenvalue weighted by molar-refractivity contribution is 0.0527. The van der Waals surface area contributed by atoms with Crippen molar-refractivity contribution in [3.05, 3.63) is 16.7 Å². The molecule has 2 aromatic heterocycles. The highest BCUT2D eigenvalue weighted by Crippen LogP contribution is 2.08. The van der Waals surface area contributed by atoms with Crippen LogP contribution in [0.1, 0.15) is 46.5 Å². The predicted molar refractivity (Wildman–Crippen MR) is 88.6 cm³/mol. The van der Waals surface area contributed by atoms with Crippen molar-refractivity contribution in [3.8, 4) is 0 Å². The Morgan fingerprint density at radius 3 is 2.79 bits per heavy atom. The minimum absolute atomic E-state index is 0.312. The average Bonchev–Trinajstić information content (AvgIpc) is 2.89. The lowest BCUT2D eigenvalue weighted by Crippen LogP contribution is -2.32. The summed E-state index contributed by atoms with van der Waals surface area (Å²) in [6, 6.07) is 0. The molecule has 0 aliphatic heterocycles. The van der Waals surface area contributed by atoms with Gasteiger partial charge in [-0.25, -0.2) is 14.9 Å². The van der Waals surface area contributed by atoms with Crippen LogP contribution in [0.3, 0.4) is 0 Å². The molecule has 2 heterocycles. The number of H-pyrrole nitrogens is 1. The Kier molecular flexibility index (Phi) is 5.88. The molecule has 0 aliphatic carbocycles. The fourth-order valence-electron chi connectivity index (χ4n) is 2.24. The summed E-state index contributed by atoms with van der Waals surface area (Å²) < 4.78 is 6.99. The van der Waals surface area contributed by atoms with E-state index < -0.39 is 5.60 Å². The smallest absolute Gasteiger partial charge is 0.407 e. The highest BCUT2D eigenvalue weighted by Gasteiger charge is 2.15. The van der Waals surface area contributed by atoms with Gasteiger partial charge in [-0.1, -0.05) is 18.1 Å². The Balaban J connectivity index is 1.62. The topological polar surface area (TPSA) is 115 Å². The van der Waals surface area contributed by atoms with Crippen molar-refractivity contribution < 1.29 is 9.53 Å². The molecule has 0 saturated heterocycles. The van der Waals surface area contributed by atoms with Crippen LogP contribution in [-0.2, 0) is 11.3 Å². The van der Waals surface area contributed by atoms with E-state index in [-0.39, 0.29) is 11.7 Å². The third-order valence-electron chi connectivity index (χ3n) is 3.32. The normalized spacial score (nSPS) is 11.6. The number of ether oxygens (including phenoxy) is 1. The van der Waals surface area contributed by atoms with Crippen molar-refractivity contribution in [1.82, 2.24) is 30.3 Å². The van der Waals surface area contributed by atoms with Gasteiger partial charge in [0.15, 0.2) is 11.2 Å². The highest BCUT2D eigenvalue weighted by atomic mass is 16.6.